The van der Waals surface area contributed by atoms with Gasteiger partial charge in [-0.15, -0.1) is 0 Å². The van der Waals surface area contributed by atoms with Crippen molar-refractivity contribution in [2.24, 2.45) is 0 Å². The van der Waals surface area contributed by atoms with Gasteiger partial charge in [-0.2, -0.15) is 0 Å². The molecule has 1 saturated carbocycles. The van der Waals surface area contributed by atoms with Crippen LogP contribution in [0.25, 0.3) is 0 Å². The van der Waals surface area contributed by atoms with Crippen molar-refractivity contribution in [3.8, 4) is 0 Å². The highest BCUT2D eigenvalue weighted by molar-refractivity contribution is 5.78. The van der Waals surface area contributed by atoms with Gasteiger partial charge in [0.05, 0.1) is 13.2 Å². The van der Waals surface area contributed by atoms with Crippen molar-refractivity contribution < 1.29 is 13.9 Å². The first-order valence-electron chi connectivity index (χ1n) is 11.7. The normalized spacial score (nSPS) is 25.0. The number of hydrogen-bond donors (Lipinski definition) is 1. The lowest BCUT2D eigenvalue weighted by Gasteiger charge is -2.50. The van der Waals surface area contributed by atoms with Gasteiger partial charge < -0.3 is 15.0 Å². The molecule has 1 aromatic carbocycles. The summed E-state index contributed by atoms with van der Waals surface area (Å²) in [4.78, 5) is 17.6. The second-order valence-corrected chi connectivity index (χ2v) is 9.19. The monoisotopic (exact) mass is 417 g/mol. The Morgan fingerprint density at radius 2 is 1.83 bits per heavy atom. The van der Waals surface area contributed by atoms with E-state index in [1.54, 1.807) is 0 Å². The third kappa shape index (κ3) is 5.21. The van der Waals surface area contributed by atoms with E-state index < -0.39 is 0 Å². The van der Waals surface area contributed by atoms with Crippen LogP contribution in [0, 0.1) is 5.82 Å². The van der Waals surface area contributed by atoms with Crippen molar-refractivity contribution >= 4 is 5.91 Å². The SMILES string of the molecule is O=C1CC[C@@H](CCNCc2ccc(F)cc2)N1CC1(N2CCOCC2)CCCCC1. The Morgan fingerprint density at radius 3 is 2.57 bits per heavy atom. The lowest BCUT2D eigenvalue weighted by atomic mass is 9.79. The Hall–Kier alpha value is -1.50. The van der Waals surface area contributed by atoms with Gasteiger partial charge in [-0.1, -0.05) is 31.4 Å². The van der Waals surface area contributed by atoms with Crippen LogP contribution in [0.5, 0.6) is 0 Å². The summed E-state index contributed by atoms with van der Waals surface area (Å²) >= 11 is 0. The molecule has 3 fully saturated rings. The number of nitrogens with zero attached hydrogens (tertiary/aromatic N) is 2. The molecule has 1 aliphatic carbocycles. The van der Waals surface area contributed by atoms with Crippen LogP contribution >= 0.6 is 0 Å². The number of hydrogen-bond acceptors (Lipinski definition) is 4. The summed E-state index contributed by atoms with van der Waals surface area (Å²) < 4.78 is 18.7. The number of ether oxygens (including phenoxy) is 1. The summed E-state index contributed by atoms with van der Waals surface area (Å²) in [5.74, 6) is 0.132. The Labute approximate surface area is 179 Å². The molecule has 0 spiro atoms. The molecule has 0 radical (unpaired) electrons. The molecule has 5 nitrogen and oxygen atoms in total. The molecule has 1 amide bonds. The van der Waals surface area contributed by atoms with Crippen molar-refractivity contribution in [3.05, 3.63) is 35.6 Å². The van der Waals surface area contributed by atoms with E-state index in [2.05, 4.69) is 15.1 Å². The predicted octanol–water partition coefficient (Wildman–Crippen LogP) is 3.33. The number of carbonyl (C=O) groups excluding carboxylic acids is 1. The molecule has 166 valence electrons. The first-order valence-corrected chi connectivity index (χ1v) is 11.7. The van der Waals surface area contributed by atoms with Gasteiger partial charge in [0.15, 0.2) is 0 Å². The Kier molecular flexibility index (Phi) is 7.39. The van der Waals surface area contributed by atoms with Crippen LogP contribution < -0.4 is 5.32 Å². The van der Waals surface area contributed by atoms with E-state index in [1.165, 1.54) is 44.2 Å². The molecule has 30 heavy (non-hydrogen) atoms. The molecule has 4 rings (SSSR count). The Morgan fingerprint density at radius 1 is 1.10 bits per heavy atom. The number of likely N-dealkylation sites (tertiary alicyclic amines) is 1. The minimum atomic E-state index is -0.198. The zero-order chi connectivity index (χ0) is 20.8. The molecule has 2 saturated heterocycles. The summed E-state index contributed by atoms with van der Waals surface area (Å²) in [6, 6.07) is 6.98. The fourth-order valence-electron chi connectivity index (χ4n) is 5.55. The lowest BCUT2D eigenvalue weighted by Crippen LogP contribution is -2.60. The standard InChI is InChI=1S/C24H36FN3O2/c25-21-6-4-20(5-7-21)18-26-13-10-22-8-9-23(29)28(22)19-24(11-2-1-3-12-24)27-14-16-30-17-15-27/h4-7,22,26H,1-3,8-19H2/t22-/m0/s1. The quantitative estimate of drug-likeness (QED) is 0.659. The summed E-state index contributed by atoms with van der Waals surface area (Å²) in [5.41, 5.74) is 1.23. The molecule has 2 heterocycles. The first kappa shape index (κ1) is 21.7. The van der Waals surface area contributed by atoms with Gasteiger partial charge in [0.2, 0.25) is 5.91 Å². The third-order valence-electron chi connectivity index (χ3n) is 7.28. The van der Waals surface area contributed by atoms with E-state index in [9.17, 15) is 9.18 Å². The largest absolute Gasteiger partial charge is 0.379 e. The second-order valence-electron chi connectivity index (χ2n) is 9.19. The smallest absolute Gasteiger partial charge is 0.222 e. The number of carbonyl (C=O) groups is 1. The Balaban J connectivity index is 1.33. The van der Waals surface area contributed by atoms with E-state index in [0.29, 0.717) is 18.4 Å². The molecule has 6 heteroatoms. The van der Waals surface area contributed by atoms with E-state index >= 15 is 0 Å². The maximum atomic E-state index is 13.0. The molecule has 1 aromatic rings. The molecule has 0 unspecified atom stereocenters. The fraction of sp³-hybridized carbons (Fsp3) is 0.708. The second kappa shape index (κ2) is 10.2. The molecule has 0 aromatic heterocycles. The van der Waals surface area contributed by atoms with Crippen LogP contribution in [0.15, 0.2) is 24.3 Å². The molecule has 1 atom stereocenters. The van der Waals surface area contributed by atoms with Crippen LogP contribution in [0.1, 0.15) is 56.9 Å². The lowest BCUT2D eigenvalue weighted by molar-refractivity contribution is -0.133. The van der Waals surface area contributed by atoms with Crippen molar-refractivity contribution in [1.29, 1.82) is 0 Å². The van der Waals surface area contributed by atoms with Gasteiger partial charge in [0.25, 0.3) is 0 Å². The van der Waals surface area contributed by atoms with Crippen molar-refractivity contribution in [2.75, 3.05) is 39.4 Å². The van der Waals surface area contributed by atoms with Crippen molar-refractivity contribution in [2.45, 2.75) is 69.5 Å². The van der Waals surface area contributed by atoms with E-state index in [4.69, 9.17) is 4.74 Å². The van der Waals surface area contributed by atoms with E-state index in [0.717, 1.165) is 64.3 Å². The minimum absolute atomic E-state index is 0.141. The zero-order valence-electron chi connectivity index (χ0n) is 18.1. The minimum Gasteiger partial charge on any atom is -0.379 e. The highest BCUT2D eigenvalue weighted by Crippen LogP contribution is 2.37. The molecule has 2 aliphatic heterocycles. The van der Waals surface area contributed by atoms with Gasteiger partial charge in [-0.3, -0.25) is 9.69 Å². The first-order chi connectivity index (χ1) is 14.7. The topological polar surface area (TPSA) is 44.8 Å². The van der Waals surface area contributed by atoms with Gasteiger partial charge in [0, 0.05) is 44.2 Å². The number of amides is 1. The van der Waals surface area contributed by atoms with Gasteiger partial charge in [-0.05, 0) is 49.9 Å². The van der Waals surface area contributed by atoms with Gasteiger partial charge in [-0.25, -0.2) is 4.39 Å². The van der Waals surface area contributed by atoms with Crippen LogP contribution in [-0.2, 0) is 16.1 Å². The third-order valence-corrected chi connectivity index (χ3v) is 7.28. The molecular weight excluding hydrogens is 381 g/mol. The zero-order valence-corrected chi connectivity index (χ0v) is 18.1. The van der Waals surface area contributed by atoms with Gasteiger partial charge >= 0.3 is 0 Å². The van der Waals surface area contributed by atoms with Crippen LogP contribution in [0.4, 0.5) is 4.39 Å². The summed E-state index contributed by atoms with van der Waals surface area (Å²) in [7, 11) is 0. The van der Waals surface area contributed by atoms with Crippen LogP contribution in [0.2, 0.25) is 0 Å². The molecular formula is C24H36FN3O2. The number of halogens is 1. The maximum absolute atomic E-state index is 13.0. The van der Waals surface area contributed by atoms with Gasteiger partial charge in [0.1, 0.15) is 5.82 Å². The number of morpholine rings is 1. The fourth-order valence-corrected chi connectivity index (χ4v) is 5.55. The molecule has 0 bridgehead atoms. The van der Waals surface area contributed by atoms with Crippen LogP contribution in [-0.4, -0.2) is 66.7 Å². The van der Waals surface area contributed by atoms with Crippen molar-refractivity contribution in [1.82, 2.24) is 15.1 Å². The highest BCUT2D eigenvalue weighted by Gasteiger charge is 2.43. The molecule has 1 N–H and O–H groups in total. The predicted molar refractivity (Wildman–Crippen MR) is 116 cm³/mol. The van der Waals surface area contributed by atoms with E-state index in [1.807, 2.05) is 12.1 Å². The van der Waals surface area contributed by atoms with Crippen LogP contribution in [0.3, 0.4) is 0 Å². The number of nitrogens with one attached hydrogen (secondary N) is 1. The number of benzene rings is 1. The maximum Gasteiger partial charge on any atom is 0.222 e. The Bertz CT molecular complexity index is 684. The number of rotatable bonds is 8. The summed E-state index contributed by atoms with van der Waals surface area (Å²) in [5, 5.41) is 3.47. The van der Waals surface area contributed by atoms with E-state index in [-0.39, 0.29) is 11.4 Å². The highest BCUT2D eigenvalue weighted by atomic mass is 19.1. The summed E-state index contributed by atoms with van der Waals surface area (Å²) in [6.07, 6.45) is 8.88. The average Bonchev–Trinajstić information content (AvgIpc) is 3.13. The average molecular weight is 418 g/mol. The van der Waals surface area contributed by atoms with Crippen molar-refractivity contribution in [3.63, 3.8) is 0 Å². The summed E-state index contributed by atoms with van der Waals surface area (Å²) in [6.45, 7) is 6.10. The molecule has 3 aliphatic rings.